The van der Waals surface area contributed by atoms with Crippen LogP contribution in [-0.4, -0.2) is 67.5 Å². The number of rotatable bonds is 8. The summed E-state index contributed by atoms with van der Waals surface area (Å²) in [5, 5.41) is 10.8. The lowest BCUT2D eigenvalue weighted by molar-refractivity contribution is -0.202. The zero-order chi connectivity index (χ0) is 24.3. The Morgan fingerprint density at radius 1 is 1.12 bits per heavy atom. The molecule has 1 aromatic carbocycles. The molecule has 1 aromatic rings. The molecule has 5 atom stereocenters. The van der Waals surface area contributed by atoms with Gasteiger partial charge in [0.15, 0.2) is 17.1 Å². The molecule has 32 heavy (non-hydrogen) atoms. The largest absolute Gasteiger partial charge is 0.456 e. The summed E-state index contributed by atoms with van der Waals surface area (Å²) < 4.78 is 24.0. The molecule has 177 valence electrons. The van der Waals surface area contributed by atoms with E-state index in [1.54, 1.807) is 0 Å². The standard InChI is InChI=1S/C23H33O7SSi/c1-14(24)27-17-18(22(6,7)30-21(3,4)5)29-23(20(26)32,19(17)28-15(2)25)31-13-16-11-9-8-10-12-16/h8-12,17-20,26H,13H2,1-7H3/t17-,18+,19+,20?,23+/m1/s1. The highest BCUT2D eigenvalue weighted by atomic mass is 32.2. The summed E-state index contributed by atoms with van der Waals surface area (Å²) in [7, 11) is 3.31. The Kier molecular flexibility index (Phi) is 8.61. The second-order valence-electron chi connectivity index (χ2n) is 9.36. The fourth-order valence-electron chi connectivity index (χ4n) is 3.93. The number of aliphatic hydroxyl groups excluding tert-OH is 1. The van der Waals surface area contributed by atoms with E-state index in [-0.39, 0.29) is 0 Å². The van der Waals surface area contributed by atoms with Gasteiger partial charge in [0.1, 0.15) is 6.10 Å². The molecule has 7 nitrogen and oxygen atoms in total. The van der Waals surface area contributed by atoms with E-state index in [0.29, 0.717) is 5.75 Å². The third-order valence-electron chi connectivity index (χ3n) is 4.84. The quantitative estimate of drug-likeness (QED) is 0.448. The summed E-state index contributed by atoms with van der Waals surface area (Å²) in [6.45, 7) is 11.9. The maximum atomic E-state index is 12.0. The van der Waals surface area contributed by atoms with Gasteiger partial charge < -0.3 is 24.1 Å². The van der Waals surface area contributed by atoms with Crippen LogP contribution in [0.25, 0.3) is 0 Å². The number of thioether (sulfide) groups is 1. The molecule has 0 bridgehead atoms. The molecule has 1 heterocycles. The first-order chi connectivity index (χ1) is 14.7. The van der Waals surface area contributed by atoms with E-state index in [2.05, 4.69) is 10.2 Å². The number of hydrogen-bond acceptors (Lipinski definition) is 8. The van der Waals surface area contributed by atoms with E-state index in [1.807, 2.05) is 65.0 Å². The molecule has 1 fully saturated rings. The van der Waals surface area contributed by atoms with Gasteiger partial charge in [0, 0.05) is 19.6 Å². The first-order valence-electron chi connectivity index (χ1n) is 10.5. The maximum absolute atomic E-state index is 12.0. The van der Waals surface area contributed by atoms with E-state index < -0.39 is 52.1 Å². The van der Waals surface area contributed by atoms with Gasteiger partial charge in [-0.3, -0.25) is 9.59 Å². The zero-order valence-corrected chi connectivity index (χ0v) is 21.5. The second kappa shape index (κ2) is 10.3. The molecule has 1 saturated heterocycles. The Hall–Kier alpha value is -1.39. The fraction of sp³-hybridized carbons (Fsp3) is 0.652. The molecular formula is C23H33O7SSi. The highest BCUT2D eigenvalue weighted by Gasteiger charge is 2.65. The predicted molar refractivity (Wildman–Crippen MR) is 123 cm³/mol. The normalized spacial score (nSPS) is 27.1. The first kappa shape index (κ1) is 26.9. The van der Waals surface area contributed by atoms with Crippen molar-refractivity contribution in [3.05, 3.63) is 35.9 Å². The van der Waals surface area contributed by atoms with E-state index in [1.165, 1.54) is 25.6 Å². The number of hydrogen-bond donors (Lipinski definition) is 1. The van der Waals surface area contributed by atoms with Gasteiger partial charge in [-0.15, -0.1) is 11.8 Å². The lowest BCUT2D eigenvalue weighted by Gasteiger charge is -2.40. The summed E-state index contributed by atoms with van der Waals surface area (Å²) in [5.41, 5.74) is -1.73. The SMILES string of the molecule is CC(=O)O[C@@H]1[C@@H](C(C)(C)OC(C)(C)C)O[C@@](SCc2ccccc2)(C(O)[Si])[C@H]1OC(C)=O. The first-order valence-corrected chi connectivity index (χ1v) is 12.0. The third kappa shape index (κ3) is 6.57. The number of carbonyl (C=O) groups excluding carboxylic acids is 2. The average Bonchev–Trinajstić information content (AvgIpc) is 2.93. The van der Waals surface area contributed by atoms with Crippen LogP contribution in [0.2, 0.25) is 0 Å². The van der Waals surface area contributed by atoms with Gasteiger partial charge in [-0.1, -0.05) is 30.3 Å². The zero-order valence-electron chi connectivity index (χ0n) is 19.7. The van der Waals surface area contributed by atoms with E-state index in [9.17, 15) is 14.7 Å². The monoisotopic (exact) mass is 481 g/mol. The van der Waals surface area contributed by atoms with Crippen molar-refractivity contribution in [2.24, 2.45) is 0 Å². The van der Waals surface area contributed by atoms with Crippen molar-refractivity contribution in [1.82, 2.24) is 0 Å². The summed E-state index contributed by atoms with van der Waals surface area (Å²) in [6.07, 6.45) is -2.91. The lowest BCUT2D eigenvalue weighted by atomic mass is 9.93. The summed E-state index contributed by atoms with van der Waals surface area (Å²) >= 11 is 1.27. The van der Waals surface area contributed by atoms with Gasteiger partial charge in [-0.05, 0) is 40.2 Å². The number of benzene rings is 1. The van der Waals surface area contributed by atoms with Gasteiger partial charge in [0.25, 0.3) is 0 Å². The van der Waals surface area contributed by atoms with Gasteiger partial charge >= 0.3 is 11.9 Å². The van der Waals surface area contributed by atoms with Crippen LogP contribution in [0, 0.1) is 0 Å². The van der Waals surface area contributed by atoms with Crippen LogP contribution >= 0.6 is 11.8 Å². The molecule has 0 saturated carbocycles. The van der Waals surface area contributed by atoms with E-state index in [0.717, 1.165) is 5.56 Å². The number of carbonyl (C=O) groups is 2. The Morgan fingerprint density at radius 3 is 2.16 bits per heavy atom. The van der Waals surface area contributed by atoms with Crippen molar-refractivity contribution in [2.75, 3.05) is 0 Å². The molecule has 3 radical (unpaired) electrons. The molecule has 0 spiro atoms. The summed E-state index contributed by atoms with van der Waals surface area (Å²) in [6, 6.07) is 9.64. The van der Waals surface area contributed by atoms with Crippen LogP contribution in [-0.2, 0) is 34.3 Å². The molecule has 0 aromatic heterocycles. The number of esters is 2. The molecule has 0 aliphatic carbocycles. The molecule has 1 unspecified atom stereocenters. The van der Waals surface area contributed by atoms with Crippen LogP contribution in [0.5, 0.6) is 0 Å². The molecule has 1 N–H and O–H groups in total. The van der Waals surface area contributed by atoms with Crippen molar-refractivity contribution in [3.8, 4) is 0 Å². The third-order valence-corrected chi connectivity index (χ3v) is 6.96. The van der Waals surface area contributed by atoms with Crippen LogP contribution in [0.3, 0.4) is 0 Å². The molecule has 2 rings (SSSR count). The Bertz CT molecular complexity index is 793. The minimum atomic E-state index is -1.46. The second-order valence-corrected chi connectivity index (χ2v) is 11.1. The predicted octanol–water partition coefficient (Wildman–Crippen LogP) is 2.96. The minimum absolute atomic E-state index is 0.459. The topological polar surface area (TPSA) is 91.3 Å². The van der Waals surface area contributed by atoms with Gasteiger partial charge in [0.05, 0.1) is 27.2 Å². The maximum Gasteiger partial charge on any atom is 0.303 e. The van der Waals surface area contributed by atoms with Crippen LogP contribution in [0.4, 0.5) is 0 Å². The van der Waals surface area contributed by atoms with Gasteiger partial charge in [-0.25, -0.2) is 0 Å². The van der Waals surface area contributed by atoms with Crippen molar-refractivity contribution >= 4 is 33.9 Å². The number of ether oxygens (including phenoxy) is 4. The Labute approximate surface area is 197 Å². The molecule has 1 aliphatic heterocycles. The minimum Gasteiger partial charge on any atom is -0.456 e. The van der Waals surface area contributed by atoms with Crippen molar-refractivity contribution in [1.29, 1.82) is 0 Å². The van der Waals surface area contributed by atoms with Crippen molar-refractivity contribution in [3.63, 3.8) is 0 Å². The fourth-order valence-corrected chi connectivity index (χ4v) is 5.68. The highest BCUT2D eigenvalue weighted by Crippen LogP contribution is 2.49. The molecule has 9 heteroatoms. The van der Waals surface area contributed by atoms with Gasteiger partial charge in [0.2, 0.25) is 0 Å². The molecule has 1 aliphatic rings. The van der Waals surface area contributed by atoms with E-state index >= 15 is 0 Å². The smallest absolute Gasteiger partial charge is 0.303 e. The van der Waals surface area contributed by atoms with Gasteiger partial charge in [-0.2, -0.15) is 0 Å². The highest BCUT2D eigenvalue weighted by molar-refractivity contribution is 7.99. The summed E-state index contributed by atoms with van der Waals surface area (Å²) in [4.78, 5) is 22.6. The molecule has 0 amide bonds. The summed E-state index contributed by atoms with van der Waals surface area (Å²) in [5.74, 6) is -0.678. The number of aliphatic hydroxyl groups is 1. The Balaban J connectivity index is 2.53. The van der Waals surface area contributed by atoms with Crippen LogP contribution in [0.15, 0.2) is 30.3 Å². The van der Waals surface area contributed by atoms with Crippen molar-refractivity contribution in [2.45, 2.75) is 94.4 Å². The Morgan fingerprint density at radius 2 is 1.69 bits per heavy atom. The van der Waals surface area contributed by atoms with Crippen molar-refractivity contribution < 1.29 is 33.6 Å². The van der Waals surface area contributed by atoms with Crippen LogP contribution < -0.4 is 0 Å². The average molecular weight is 482 g/mol. The lowest BCUT2D eigenvalue weighted by Crippen LogP contribution is -2.53. The molecular weight excluding hydrogens is 448 g/mol. The van der Waals surface area contributed by atoms with Crippen LogP contribution in [0.1, 0.15) is 54.0 Å². The van der Waals surface area contributed by atoms with E-state index in [4.69, 9.17) is 18.9 Å².